The van der Waals surface area contributed by atoms with E-state index in [9.17, 15) is 35.9 Å². The lowest BCUT2D eigenvalue weighted by Crippen LogP contribution is -2.56. The summed E-state index contributed by atoms with van der Waals surface area (Å²) >= 11 is 0. The number of anilines is 2. The van der Waals surface area contributed by atoms with Crippen molar-refractivity contribution in [2.24, 2.45) is 0 Å². The molecule has 1 fully saturated rings. The molecule has 4 heterocycles. The molecular weight excluding hydrogens is 510 g/mol. The Morgan fingerprint density at radius 2 is 1.92 bits per heavy atom. The number of amides is 1. The zero-order valence-electron chi connectivity index (χ0n) is 19.5. The van der Waals surface area contributed by atoms with Gasteiger partial charge in [0.05, 0.1) is 37.1 Å². The number of halogens is 6. The Bertz CT molecular complexity index is 1180. The van der Waals surface area contributed by atoms with Crippen molar-refractivity contribution in [1.82, 2.24) is 20.1 Å². The van der Waals surface area contributed by atoms with Crippen molar-refractivity contribution in [3.8, 4) is 0 Å². The molecule has 37 heavy (non-hydrogen) atoms. The first-order valence-electron chi connectivity index (χ1n) is 11.5. The minimum absolute atomic E-state index is 0.00382. The number of nitrogens with zero attached hydrogens (tertiary/aromatic N) is 4. The van der Waals surface area contributed by atoms with Crippen molar-refractivity contribution >= 4 is 17.4 Å². The van der Waals surface area contributed by atoms with E-state index in [4.69, 9.17) is 4.74 Å². The number of alkyl halides is 6. The zero-order chi connectivity index (χ0) is 26.8. The van der Waals surface area contributed by atoms with Gasteiger partial charge in [0.2, 0.25) is 5.91 Å². The summed E-state index contributed by atoms with van der Waals surface area (Å²) in [5.41, 5.74) is -3.42. The van der Waals surface area contributed by atoms with Crippen LogP contribution < -0.4 is 15.8 Å². The number of aromatic nitrogens is 3. The molecule has 4 rings (SSSR count). The maximum absolute atomic E-state index is 13.0. The molecule has 2 aromatic rings. The Balaban J connectivity index is 1.21. The fourth-order valence-electron chi connectivity index (χ4n) is 4.52. The van der Waals surface area contributed by atoms with Crippen LogP contribution in [0, 0.1) is 0 Å². The second kappa shape index (κ2) is 10.6. The van der Waals surface area contributed by atoms with E-state index >= 15 is 0 Å². The third-order valence-corrected chi connectivity index (χ3v) is 6.29. The van der Waals surface area contributed by atoms with Crippen LogP contribution in [0.25, 0.3) is 0 Å². The topological polar surface area (TPSA) is 103 Å². The molecule has 15 heteroatoms. The Morgan fingerprint density at radius 1 is 1.14 bits per heavy atom. The maximum Gasteiger partial charge on any atom is 0.423 e. The van der Waals surface area contributed by atoms with Gasteiger partial charge in [-0.2, -0.15) is 31.4 Å². The summed E-state index contributed by atoms with van der Waals surface area (Å²) in [6.07, 6.45) is -6.51. The van der Waals surface area contributed by atoms with E-state index in [0.29, 0.717) is 43.9 Å². The second-order valence-corrected chi connectivity index (χ2v) is 8.70. The number of rotatable bonds is 7. The van der Waals surface area contributed by atoms with E-state index in [1.54, 1.807) is 10.00 Å². The standard InChI is InChI=1S/C22H24F6N6O3/c23-21(24,25)14-9-13-1-2-15-12-33(5-6-34(15)19(13)30-10-14)17(35)3-7-37-8-4-29-16-11-31-32-20(36)18(16)22(26,27)28/h9-11,15H,1-8,12H2,(H2,29,32,36). The first-order chi connectivity index (χ1) is 17.4. The van der Waals surface area contributed by atoms with Crippen LogP contribution in [0.5, 0.6) is 0 Å². The average Bonchev–Trinajstić information content (AvgIpc) is 2.83. The van der Waals surface area contributed by atoms with Gasteiger partial charge in [-0.15, -0.1) is 0 Å². The highest BCUT2D eigenvalue weighted by Gasteiger charge is 2.38. The van der Waals surface area contributed by atoms with Crippen LogP contribution in [0.3, 0.4) is 0 Å². The van der Waals surface area contributed by atoms with Crippen molar-refractivity contribution in [1.29, 1.82) is 0 Å². The van der Waals surface area contributed by atoms with Crippen LogP contribution in [-0.4, -0.2) is 71.4 Å². The number of nitrogens with one attached hydrogen (secondary N) is 2. The molecule has 0 saturated carbocycles. The van der Waals surface area contributed by atoms with Gasteiger partial charge in [-0.25, -0.2) is 10.1 Å². The van der Waals surface area contributed by atoms with E-state index in [2.05, 4.69) is 15.4 Å². The Morgan fingerprint density at radius 3 is 2.65 bits per heavy atom. The number of pyridine rings is 1. The first-order valence-corrected chi connectivity index (χ1v) is 11.5. The van der Waals surface area contributed by atoms with Gasteiger partial charge in [-0.1, -0.05) is 0 Å². The van der Waals surface area contributed by atoms with Gasteiger partial charge in [0, 0.05) is 38.4 Å². The molecule has 0 aliphatic carbocycles. The molecule has 9 nitrogen and oxygen atoms in total. The number of aryl methyl sites for hydroxylation is 1. The molecule has 1 unspecified atom stereocenters. The lowest BCUT2D eigenvalue weighted by molar-refractivity contribution is -0.138. The van der Waals surface area contributed by atoms with Gasteiger partial charge >= 0.3 is 12.4 Å². The van der Waals surface area contributed by atoms with Gasteiger partial charge in [-0.05, 0) is 24.5 Å². The molecular formula is C22H24F6N6O3. The molecule has 1 atom stereocenters. The lowest BCUT2D eigenvalue weighted by atomic mass is 9.95. The van der Waals surface area contributed by atoms with Gasteiger partial charge in [0.25, 0.3) is 5.56 Å². The predicted octanol–water partition coefficient (Wildman–Crippen LogP) is 2.68. The Kier molecular flexibility index (Phi) is 7.62. The molecule has 2 aliphatic rings. The van der Waals surface area contributed by atoms with Gasteiger partial charge in [0.15, 0.2) is 0 Å². The summed E-state index contributed by atoms with van der Waals surface area (Å²) in [5.74, 6) is 0.369. The number of carbonyl (C=O) groups is 1. The van der Waals surface area contributed by atoms with E-state index in [0.717, 1.165) is 18.5 Å². The summed E-state index contributed by atoms with van der Waals surface area (Å²) in [7, 11) is 0. The minimum Gasteiger partial charge on any atom is -0.381 e. The van der Waals surface area contributed by atoms with Crippen LogP contribution in [0.4, 0.5) is 37.8 Å². The fourth-order valence-corrected chi connectivity index (χ4v) is 4.52. The fraction of sp³-hybridized carbons (Fsp3) is 0.545. The highest BCUT2D eigenvalue weighted by Crippen LogP contribution is 2.36. The quantitative estimate of drug-likeness (QED) is 0.416. The first kappa shape index (κ1) is 26.7. The number of carbonyl (C=O) groups excluding carboxylic acids is 1. The molecule has 0 spiro atoms. The van der Waals surface area contributed by atoms with Crippen molar-refractivity contribution in [2.75, 3.05) is 49.6 Å². The van der Waals surface area contributed by atoms with Crippen LogP contribution in [0.1, 0.15) is 29.5 Å². The highest BCUT2D eigenvalue weighted by molar-refractivity contribution is 5.76. The average molecular weight is 534 g/mol. The number of fused-ring (bicyclic) bond motifs is 3. The van der Waals surface area contributed by atoms with Crippen LogP contribution in [0.2, 0.25) is 0 Å². The van der Waals surface area contributed by atoms with Gasteiger partial charge < -0.3 is 19.9 Å². The molecule has 2 N–H and O–H groups in total. The van der Waals surface area contributed by atoms with Crippen molar-refractivity contribution in [2.45, 2.75) is 37.7 Å². The normalized spacial score (nSPS) is 17.8. The number of hydrogen-bond donors (Lipinski definition) is 2. The Hall–Kier alpha value is -3.36. The minimum atomic E-state index is -4.85. The molecule has 0 bridgehead atoms. The second-order valence-electron chi connectivity index (χ2n) is 8.70. The third kappa shape index (κ3) is 6.14. The molecule has 202 valence electrons. The number of piperazine rings is 1. The SMILES string of the molecule is O=C(CCOCCNc1cn[nH]c(=O)c1C(F)(F)F)N1CCN2c3ncc(C(F)(F)F)cc3CCC2C1. The largest absolute Gasteiger partial charge is 0.423 e. The number of hydrogen-bond acceptors (Lipinski definition) is 7. The third-order valence-electron chi connectivity index (χ3n) is 6.29. The zero-order valence-corrected chi connectivity index (χ0v) is 19.5. The van der Waals surface area contributed by atoms with E-state index in [1.807, 2.05) is 4.90 Å². The number of ether oxygens (including phenoxy) is 1. The molecule has 2 aromatic heterocycles. The lowest BCUT2D eigenvalue weighted by Gasteiger charge is -2.45. The smallest absolute Gasteiger partial charge is 0.381 e. The van der Waals surface area contributed by atoms with Crippen molar-refractivity contribution < 1.29 is 35.9 Å². The number of aromatic amines is 1. The van der Waals surface area contributed by atoms with E-state index in [-0.39, 0.29) is 38.1 Å². The summed E-state index contributed by atoms with van der Waals surface area (Å²) in [6.45, 7) is 1.25. The molecule has 1 amide bonds. The van der Waals surface area contributed by atoms with Crippen molar-refractivity contribution in [3.05, 3.63) is 45.5 Å². The molecule has 1 saturated heterocycles. The van der Waals surface area contributed by atoms with Crippen LogP contribution in [-0.2, 0) is 28.3 Å². The van der Waals surface area contributed by atoms with Gasteiger partial charge in [-0.3, -0.25) is 9.59 Å². The molecule has 0 radical (unpaired) electrons. The van der Waals surface area contributed by atoms with Crippen LogP contribution >= 0.6 is 0 Å². The summed E-state index contributed by atoms with van der Waals surface area (Å²) in [6, 6.07) is 1.09. The molecule has 2 aliphatic heterocycles. The monoisotopic (exact) mass is 534 g/mol. The van der Waals surface area contributed by atoms with E-state index < -0.39 is 34.7 Å². The predicted molar refractivity (Wildman–Crippen MR) is 119 cm³/mol. The Labute approximate surface area is 206 Å². The summed E-state index contributed by atoms with van der Waals surface area (Å²) in [4.78, 5) is 31.7. The maximum atomic E-state index is 13.0. The van der Waals surface area contributed by atoms with Gasteiger partial charge in [0.1, 0.15) is 11.4 Å². The summed E-state index contributed by atoms with van der Waals surface area (Å²) in [5, 5.41) is 7.57. The highest BCUT2D eigenvalue weighted by atomic mass is 19.4. The van der Waals surface area contributed by atoms with Crippen LogP contribution in [0.15, 0.2) is 23.3 Å². The summed E-state index contributed by atoms with van der Waals surface area (Å²) < 4.78 is 83.4. The number of H-pyrrole nitrogens is 1. The van der Waals surface area contributed by atoms with E-state index in [1.165, 1.54) is 0 Å². The molecule has 0 aromatic carbocycles. The van der Waals surface area contributed by atoms with Crippen molar-refractivity contribution in [3.63, 3.8) is 0 Å².